The number of anilines is 1. The molecule has 0 radical (unpaired) electrons. The second-order valence-electron chi connectivity index (χ2n) is 4.08. The van der Waals surface area contributed by atoms with E-state index in [1.165, 1.54) is 4.90 Å². The number of rotatable bonds is 7. The predicted octanol–water partition coefficient (Wildman–Crippen LogP) is 2.47. The lowest BCUT2D eigenvalue weighted by Crippen LogP contribution is -2.28. The van der Waals surface area contributed by atoms with Gasteiger partial charge in [-0.2, -0.15) is 4.39 Å². The Hall–Kier alpha value is -1.76. The molecule has 0 amide bonds. The molecule has 0 saturated carbocycles. The number of hydrogen-bond acceptors (Lipinski definition) is 4. The van der Waals surface area contributed by atoms with E-state index in [1.54, 1.807) is 0 Å². The average Bonchev–Trinajstić information content (AvgIpc) is 2.32. The molecule has 0 aliphatic rings. The van der Waals surface area contributed by atoms with E-state index in [-0.39, 0.29) is 18.8 Å². The summed E-state index contributed by atoms with van der Waals surface area (Å²) >= 11 is 0. The molecule has 0 bridgehead atoms. The Morgan fingerprint density at radius 2 is 2.05 bits per heavy atom. The van der Waals surface area contributed by atoms with Crippen molar-refractivity contribution in [2.24, 2.45) is 0 Å². The molecule has 1 N–H and O–H groups in total. The Labute approximate surface area is 109 Å². The zero-order valence-corrected chi connectivity index (χ0v) is 10.6. The summed E-state index contributed by atoms with van der Waals surface area (Å²) in [6, 6.07) is 1.41. The fourth-order valence-corrected chi connectivity index (χ4v) is 1.80. The van der Waals surface area contributed by atoms with Gasteiger partial charge in [0, 0.05) is 25.2 Å². The van der Waals surface area contributed by atoms with Crippen molar-refractivity contribution in [1.29, 1.82) is 0 Å². The van der Waals surface area contributed by atoms with Crippen molar-refractivity contribution in [3.05, 3.63) is 33.9 Å². The van der Waals surface area contributed by atoms with E-state index in [0.717, 1.165) is 12.5 Å². The Bertz CT molecular complexity index is 455. The molecule has 0 saturated heterocycles. The fourth-order valence-electron chi connectivity index (χ4n) is 1.80. The molecule has 106 valence electrons. The molecule has 0 aliphatic carbocycles. The van der Waals surface area contributed by atoms with Crippen molar-refractivity contribution >= 4 is 11.4 Å². The smallest absolute Gasteiger partial charge is 0.328 e. The predicted molar refractivity (Wildman–Crippen MR) is 67.2 cm³/mol. The summed E-state index contributed by atoms with van der Waals surface area (Å²) in [5, 5.41) is 19.9. The largest absolute Gasteiger partial charge is 0.395 e. The molecular formula is C12H16F2N2O3. The zero-order chi connectivity index (χ0) is 14.4. The molecule has 0 unspecified atom stereocenters. The quantitative estimate of drug-likeness (QED) is 0.612. The first-order chi connectivity index (χ1) is 9.01. The van der Waals surface area contributed by atoms with Crippen LogP contribution in [0.2, 0.25) is 0 Å². The Morgan fingerprint density at radius 1 is 1.37 bits per heavy atom. The van der Waals surface area contributed by atoms with E-state index >= 15 is 0 Å². The summed E-state index contributed by atoms with van der Waals surface area (Å²) in [4.78, 5) is 11.4. The van der Waals surface area contributed by atoms with Crippen LogP contribution in [0.4, 0.5) is 20.2 Å². The SMILES string of the molecule is CCCCN(CCO)c1cc(F)cc(F)c1[N+](=O)[O-]. The van der Waals surface area contributed by atoms with Gasteiger partial charge in [0.05, 0.1) is 11.5 Å². The summed E-state index contributed by atoms with van der Waals surface area (Å²) in [5.74, 6) is -2.09. The Morgan fingerprint density at radius 3 is 2.58 bits per heavy atom. The number of nitro benzene ring substituents is 1. The van der Waals surface area contributed by atoms with Crippen molar-refractivity contribution in [2.75, 3.05) is 24.6 Å². The number of aliphatic hydroxyl groups is 1. The van der Waals surface area contributed by atoms with Crippen molar-refractivity contribution in [1.82, 2.24) is 0 Å². The summed E-state index contributed by atoms with van der Waals surface area (Å²) < 4.78 is 26.8. The number of nitro groups is 1. The monoisotopic (exact) mass is 274 g/mol. The first-order valence-electron chi connectivity index (χ1n) is 6.00. The molecule has 0 aromatic heterocycles. The van der Waals surface area contributed by atoms with E-state index < -0.39 is 22.2 Å². The van der Waals surface area contributed by atoms with Crippen molar-refractivity contribution in [2.45, 2.75) is 19.8 Å². The van der Waals surface area contributed by atoms with Gasteiger partial charge in [-0.25, -0.2) is 4.39 Å². The molecule has 1 aromatic carbocycles. The molecule has 1 rings (SSSR count). The summed E-state index contributed by atoms with van der Waals surface area (Å²) in [7, 11) is 0. The first kappa shape index (κ1) is 15.3. The second-order valence-corrected chi connectivity index (χ2v) is 4.08. The maximum Gasteiger partial charge on any atom is 0.328 e. The lowest BCUT2D eigenvalue weighted by atomic mass is 10.2. The lowest BCUT2D eigenvalue weighted by Gasteiger charge is -2.23. The van der Waals surface area contributed by atoms with E-state index in [2.05, 4.69) is 0 Å². The van der Waals surface area contributed by atoms with Gasteiger partial charge >= 0.3 is 5.69 Å². The van der Waals surface area contributed by atoms with E-state index in [4.69, 9.17) is 5.11 Å². The van der Waals surface area contributed by atoms with Crippen LogP contribution in [0.25, 0.3) is 0 Å². The zero-order valence-electron chi connectivity index (χ0n) is 10.6. The molecule has 0 fully saturated rings. The lowest BCUT2D eigenvalue weighted by molar-refractivity contribution is -0.386. The van der Waals surface area contributed by atoms with Crippen LogP contribution in [-0.4, -0.2) is 29.7 Å². The van der Waals surface area contributed by atoms with E-state index in [0.29, 0.717) is 19.0 Å². The van der Waals surface area contributed by atoms with Crippen LogP contribution in [0.15, 0.2) is 12.1 Å². The van der Waals surface area contributed by atoms with Crippen LogP contribution in [0.5, 0.6) is 0 Å². The fraction of sp³-hybridized carbons (Fsp3) is 0.500. The minimum absolute atomic E-state index is 0.0870. The Kier molecular flexibility index (Phi) is 5.62. The van der Waals surface area contributed by atoms with Gasteiger partial charge in [0.1, 0.15) is 11.5 Å². The molecule has 5 nitrogen and oxygen atoms in total. The average molecular weight is 274 g/mol. The van der Waals surface area contributed by atoms with Crippen LogP contribution in [0, 0.1) is 21.7 Å². The standard InChI is InChI=1S/C12H16F2N2O3/c1-2-3-4-15(5-6-17)11-8-9(13)7-10(14)12(11)16(18)19/h7-8,17H,2-6H2,1H3. The number of aliphatic hydroxyl groups excluding tert-OH is 1. The maximum absolute atomic E-state index is 13.5. The van der Waals surface area contributed by atoms with Crippen molar-refractivity contribution in [3.63, 3.8) is 0 Å². The molecule has 0 atom stereocenters. The summed E-state index contributed by atoms with van der Waals surface area (Å²) in [6.07, 6.45) is 1.53. The molecule has 7 heteroatoms. The minimum Gasteiger partial charge on any atom is -0.395 e. The molecular weight excluding hydrogens is 258 g/mol. The minimum atomic E-state index is -1.21. The van der Waals surface area contributed by atoms with Gasteiger partial charge < -0.3 is 10.0 Å². The van der Waals surface area contributed by atoms with Crippen LogP contribution < -0.4 is 4.90 Å². The second kappa shape index (κ2) is 6.98. The third-order valence-corrected chi connectivity index (χ3v) is 2.68. The van der Waals surface area contributed by atoms with Gasteiger partial charge in [0.15, 0.2) is 0 Å². The number of halogens is 2. The highest BCUT2D eigenvalue weighted by atomic mass is 19.1. The number of unbranched alkanes of at least 4 members (excludes halogenated alkanes) is 1. The van der Waals surface area contributed by atoms with Crippen LogP contribution >= 0.6 is 0 Å². The number of hydrogen-bond donors (Lipinski definition) is 1. The summed E-state index contributed by atoms with van der Waals surface area (Å²) in [6.45, 7) is 2.15. The molecule has 1 aromatic rings. The third kappa shape index (κ3) is 3.85. The topological polar surface area (TPSA) is 66.6 Å². The number of nitrogens with zero attached hydrogens (tertiary/aromatic N) is 2. The third-order valence-electron chi connectivity index (χ3n) is 2.68. The van der Waals surface area contributed by atoms with Gasteiger partial charge in [-0.15, -0.1) is 0 Å². The first-order valence-corrected chi connectivity index (χ1v) is 6.00. The Balaban J connectivity index is 3.22. The van der Waals surface area contributed by atoms with Crippen LogP contribution in [0.1, 0.15) is 19.8 Å². The van der Waals surface area contributed by atoms with Gasteiger partial charge in [-0.3, -0.25) is 10.1 Å². The molecule has 0 aliphatic heterocycles. The van der Waals surface area contributed by atoms with Crippen LogP contribution in [-0.2, 0) is 0 Å². The summed E-state index contributed by atoms with van der Waals surface area (Å²) in [5.41, 5.74) is -0.893. The van der Waals surface area contributed by atoms with Gasteiger partial charge in [0.25, 0.3) is 0 Å². The highest BCUT2D eigenvalue weighted by molar-refractivity contribution is 5.64. The maximum atomic E-state index is 13.5. The van der Waals surface area contributed by atoms with Gasteiger partial charge in [-0.05, 0) is 6.42 Å². The van der Waals surface area contributed by atoms with E-state index in [9.17, 15) is 18.9 Å². The molecule has 19 heavy (non-hydrogen) atoms. The van der Waals surface area contributed by atoms with Gasteiger partial charge in [-0.1, -0.05) is 13.3 Å². The van der Waals surface area contributed by atoms with Gasteiger partial charge in [0.2, 0.25) is 5.82 Å². The van der Waals surface area contributed by atoms with Crippen molar-refractivity contribution in [3.8, 4) is 0 Å². The molecule has 0 heterocycles. The molecule has 0 spiro atoms. The van der Waals surface area contributed by atoms with Crippen LogP contribution in [0.3, 0.4) is 0 Å². The normalized spacial score (nSPS) is 10.5. The highest BCUT2D eigenvalue weighted by Gasteiger charge is 2.25. The van der Waals surface area contributed by atoms with Crippen molar-refractivity contribution < 1.29 is 18.8 Å². The van der Waals surface area contributed by atoms with E-state index in [1.807, 2.05) is 6.92 Å². The number of benzene rings is 1. The highest BCUT2D eigenvalue weighted by Crippen LogP contribution is 2.32.